The normalized spacial score (nSPS) is 20.8. The van der Waals surface area contributed by atoms with Gasteiger partial charge in [-0.2, -0.15) is 0 Å². The van der Waals surface area contributed by atoms with Gasteiger partial charge in [-0.1, -0.05) is 83.1 Å². The molecule has 0 saturated heterocycles. The van der Waals surface area contributed by atoms with E-state index in [4.69, 9.17) is 14.1 Å². The molecule has 0 aromatic carbocycles. The molecule has 0 amide bonds. The maximum Gasteiger partial charge on any atom is 0.295 e. The Morgan fingerprint density at radius 1 is 0.679 bits per heavy atom. The van der Waals surface area contributed by atoms with Gasteiger partial charge in [0.15, 0.2) is 0 Å². The summed E-state index contributed by atoms with van der Waals surface area (Å²) in [4.78, 5) is 0. The van der Waals surface area contributed by atoms with Crippen LogP contribution in [0.5, 0.6) is 0 Å². The van der Waals surface area contributed by atoms with Crippen molar-refractivity contribution in [2.75, 3.05) is 0 Å². The van der Waals surface area contributed by atoms with Gasteiger partial charge in [-0.15, -0.1) is 5.16 Å². The molecule has 0 aliphatic heterocycles. The van der Waals surface area contributed by atoms with Crippen LogP contribution in [0.3, 0.4) is 0 Å². The van der Waals surface area contributed by atoms with Crippen LogP contribution in [0.4, 0.5) is 0 Å². The molecule has 1 saturated carbocycles. The molecule has 1 fully saturated rings. The third kappa shape index (κ3) is 4.94. The molecule has 1 rings (SSSR count). The topological polar surface area (TPSA) is 30.8 Å². The Hall–Kier alpha value is -0.136. The minimum absolute atomic E-state index is 0.164. The molecule has 0 spiro atoms. The van der Waals surface area contributed by atoms with Crippen molar-refractivity contribution in [2.24, 2.45) is 5.16 Å². The highest BCUT2D eigenvalue weighted by Crippen LogP contribution is 2.45. The molecule has 0 aromatic heterocycles. The summed E-state index contributed by atoms with van der Waals surface area (Å²) in [6, 6.07) is 0. The van der Waals surface area contributed by atoms with Crippen LogP contribution in [0.25, 0.3) is 0 Å². The molecule has 5 heteroatoms. The fraction of sp³-hybridized carbons (Fsp3) is 0.957. The molecular formula is C23H49NO2Si2. The van der Waals surface area contributed by atoms with Gasteiger partial charge in [0.05, 0.1) is 11.8 Å². The molecule has 0 aromatic rings. The lowest BCUT2D eigenvalue weighted by molar-refractivity contribution is 0.224. The minimum Gasteiger partial charge on any atom is -0.454 e. The zero-order valence-electron chi connectivity index (χ0n) is 20.9. The summed E-state index contributed by atoms with van der Waals surface area (Å²) in [6.45, 7) is 28.1. The van der Waals surface area contributed by atoms with Crippen molar-refractivity contribution < 1.29 is 8.95 Å². The fourth-order valence-electron chi connectivity index (χ4n) is 6.14. The fourth-order valence-corrected chi connectivity index (χ4v) is 16.6. The molecule has 3 nitrogen and oxygen atoms in total. The summed E-state index contributed by atoms with van der Waals surface area (Å²) >= 11 is 0. The van der Waals surface area contributed by atoms with E-state index < -0.39 is 16.6 Å². The summed E-state index contributed by atoms with van der Waals surface area (Å²) in [7, 11) is -3.88. The first-order valence-corrected chi connectivity index (χ1v) is 16.0. The summed E-state index contributed by atoms with van der Waals surface area (Å²) in [6.07, 6.45) is 3.47. The van der Waals surface area contributed by atoms with E-state index in [2.05, 4.69) is 83.1 Å². The lowest BCUT2D eigenvalue weighted by atomic mass is 10.3. The van der Waals surface area contributed by atoms with E-state index in [1.807, 2.05) is 0 Å². The van der Waals surface area contributed by atoms with Crippen LogP contribution in [-0.2, 0) is 8.95 Å². The van der Waals surface area contributed by atoms with Gasteiger partial charge < -0.3 is 8.95 Å². The van der Waals surface area contributed by atoms with Gasteiger partial charge in [-0.3, -0.25) is 0 Å². The molecule has 0 bridgehead atoms. The van der Waals surface area contributed by atoms with E-state index in [0.29, 0.717) is 33.2 Å². The predicted octanol–water partition coefficient (Wildman–Crippen LogP) is 8.28. The second-order valence-corrected chi connectivity index (χ2v) is 21.6. The van der Waals surface area contributed by atoms with Crippen molar-refractivity contribution in [3.05, 3.63) is 0 Å². The average molecular weight is 428 g/mol. The quantitative estimate of drug-likeness (QED) is 0.259. The molecule has 1 atom stereocenters. The first kappa shape index (κ1) is 25.9. The molecule has 1 aliphatic rings. The van der Waals surface area contributed by atoms with Crippen LogP contribution in [0.2, 0.25) is 33.2 Å². The van der Waals surface area contributed by atoms with Crippen LogP contribution in [0.15, 0.2) is 5.16 Å². The minimum atomic E-state index is -1.98. The standard InChI is InChI=1S/C23H49NO2Si2/c1-16(2)27(17(3)4,18(5)6)25-23-15-13-14-22(23)24-26-28(19(7)8,20(9)10)21(11)12/h16-21,23H,13-15H2,1-12H3/b24-22+. The van der Waals surface area contributed by atoms with Gasteiger partial charge in [0.1, 0.15) is 0 Å². The molecule has 28 heavy (non-hydrogen) atoms. The Labute approximate surface area is 178 Å². The van der Waals surface area contributed by atoms with Crippen LogP contribution >= 0.6 is 0 Å². The number of rotatable bonds is 10. The molecule has 166 valence electrons. The smallest absolute Gasteiger partial charge is 0.295 e. The largest absolute Gasteiger partial charge is 0.454 e. The highest BCUT2D eigenvalue weighted by molar-refractivity contribution is 6.78. The van der Waals surface area contributed by atoms with E-state index in [1.54, 1.807) is 0 Å². The number of hydrogen-bond acceptors (Lipinski definition) is 3. The second-order valence-electron chi connectivity index (χ2n) is 10.8. The average Bonchev–Trinajstić information content (AvgIpc) is 2.98. The number of hydrogen-bond donors (Lipinski definition) is 0. The van der Waals surface area contributed by atoms with Gasteiger partial charge in [-0.05, 0) is 52.5 Å². The van der Waals surface area contributed by atoms with E-state index in [1.165, 1.54) is 12.1 Å². The highest BCUT2D eigenvalue weighted by Gasteiger charge is 2.50. The van der Waals surface area contributed by atoms with E-state index >= 15 is 0 Å². The van der Waals surface area contributed by atoms with Crippen LogP contribution in [0.1, 0.15) is 102 Å². The van der Waals surface area contributed by atoms with Crippen molar-refractivity contribution >= 4 is 22.3 Å². The molecule has 0 N–H and O–H groups in total. The SMILES string of the molecule is CC(C)[Si](O/N=C1\CCCC1O[Si](C(C)C)(C(C)C)C(C)C)(C(C)C)C(C)C. The molecular weight excluding hydrogens is 378 g/mol. The highest BCUT2D eigenvalue weighted by atomic mass is 28.4. The predicted molar refractivity (Wildman–Crippen MR) is 129 cm³/mol. The third-order valence-electron chi connectivity index (χ3n) is 7.35. The second kappa shape index (κ2) is 10.3. The van der Waals surface area contributed by atoms with Crippen molar-refractivity contribution in [3.8, 4) is 0 Å². The lowest BCUT2D eigenvalue weighted by Crippen LogP contribution is -2.51. The van der Waals surface area contributed by atoms with Crippen LogP contribution < -0.4 is 0 Å². The Morgan fingerprint density at radius 3 is 1.43 bits per heavy atom. The molecule has 0 radical (unpaired) electrons. The monoisotopic (exact) mass is 427 g/mol. The number of nitrogens with zero attached hydrogens (tertiary/aromatic N) is 1. The van der Waals surface area contributed by atoms with Crippen molar-refractivity contribution in [1.82, 2.24) is 0 Å². The van der Waals surface area contributed by atoms with E-state index in [9.17, 15) is 0 Å². The van der Waals surface area contributed by atoms with Gasteiger partial charge in [-0.25, -0.2) is 0 Å². The zero-order valence-corrected chi connectivity index (χ0v) is 22.9. The molecule has 0 heterocycles. The first-order valence-electron chi connectivity index (χ1n) is 11.8. The number of oxime groups is 1. The summed E-state index contributed by atoms with van der Waals surface area (Å²) < 4.78 is 13.7. The van der Waals surface area contributed by atoms with Crippen LogP contribution in [0, 0.1) is 0 Å². The van der Waals surface area contributed by atoms with Gasteiger partial charge in [0.25, 0.3) is 8.32 Å². The third-order valence-corrected chi connectivity index (χ3v) is 19.3. The molecule has 1 unspecified atom stereocenters. The van der Waals surface area contributed by atoms with Crippen molar-refractivity contribution in [1.29, 1.82) is 0 Å². The van der Waals surface area contributed by atoms with Crippen LogP contribution in [-0.4, -0.2) is 28.5 Å². The lowest BCUT2D eigenvalue weighted by Gasteiger charge is -2.44. The summed E-state index contributed by atoms with van der Waals surface area (Å²) in [5, 5.41) is 4.88. The van der Waals surface area contributed by atoms with Gasteiger partial charge in [0.2, 0.25) is 8.32 Å². The Bertz CT molecular complexity index is 469. The summed E-state index contributed by atoms with van der Waals surface area (Å²) in [5.41, 5.74) is 4.63. The Kier molecular flexibility index (Phi) is 9.48. The van der Waals surface area contributed by atoms with Crippen molar-refractivity contribution in [3.63, 3.8) is 0 Å². The van der Waals surface area contributed by atoms with E-state index in [0.717, 1.165) is 12.8 Å². The first-order chi connectivity index (χ1) is 12.8. The Balaban J connectivity index is 3.18. The molecule has 1 aliphatic carbocycles. The maximum atomic E-state index is 7.09. The van der Waals surface area contributed by atoms with Crippen molar-refractivity contribution in [2.45, 2.75) is 142 Å². The Morgan fingerprint density at radius 2 is 1.07 bits per heavy atom. The summed E-state index contributed by atoms with van der Waals surface area (Å²) in [5.74, 6) is 0. The zero-order chi connectivity index (χ0) is 21.9. The maximum absolute atomic E-state index is 7.09. The van der Waals surface area contributed by atoms with Gasteiger partial charge in [0, 0.05) is 0 Å². The van der Waals surface area contributed by atoms with Gasteiger partial charge >= 0.3 is 0 Å². The van der Waals surface area contributed by atoms with E-state index in [-0.39, 0.29) is 6.10 Å².